The van der Waals surface area contributed by atoms with Crippen LogP contribution < -0.4 is 4.74 Å². The van der Waals surface area contributed by atoms with Crippen LogP contribution >= 0.6 is 0 Å². The predicted molar refractivity (Wildman–Crippen MR) is 55.3 cm³/mol. The lowest BCUT2D eigenvalue weighted by molar-refractivity contribution is 0.100. The summed E-state index contributed by atoms with van der Waals surface area (Å²) in [7, 11) is 1.58. The van der Waals surface area contributed by atoms with Crippen molar-refractivity contribution in [1.82, 2.24) is 0 Å². The molecule has 1 rings (SSSR count). The normalized spacial score (nSPS) is 9.57. The number of Topliss-reactive ketones (excluding diaryl/α,β-unsaturated/α-hetero) is 1. The first-order chi connectivity index (χ1) is 6.63. The van der Waals surface area contributed by atoms with Crippen molar-refractivity contribution >= 4 is 11.5 Å². The molecule has 74 valence electrons. The molecule has 0 saturated heterocycles. The van der Waals surface area contributed by atoms with Crippen LogP contribution in [0.15, 0.2) is 24.3 Å². The van der Waals surface area contributed by atoms with Gasteiger partial charge in [-0.15, -0.1) is 0 Å². The molecule has 14 heavy (non-hydrogen) atoms. The number of benzene rings is 1. The highest BCUT2D eigenvalue weighted by molar-refractivity contribution is 6.08. The van der Waals surface area contributed by atoms with Gasteiger partial charge in [-0.05, 0) is 31.2 Å². The van der Waals surface area contributed by atoms with Crippen LogP contribution in [0.5, 0.6) is 5.75 Å². The molecule has 0 radical (unpaired) electrons. The van der Waals surface area contributed by atoms with Crippen molar-refractivity contribution in [3.05, 3.63) is 29.8 Å². The lowest BCUT2D eigenvalue weighted by Gasteiger charge is -2.01. The van der Waals surface area contributed by atoms with Crippen LogP contribution in [-0.4, -0.2) is 18.6 Å². The monoisotopic (exact) mass is 191 g/mol. The molecule has 0 saturated carbocycles. The third-order valence-corrected chi connectivity index (χ3v) is 1.84. The standard InChI is InChI=1S/C11H13NO2/c1-8(12)7-11(13)9-3-5-10(14-2)6-4-9/h3-6,12H,7H2,1-2H3. The highest BCUT2D eigenvalue weighted by Gasteiger charge is 2.06. The SMILES string of the molecule is COc1ccc(C(=O)CC(C)=N)cc1. The second kappa shape index (κ2) is 4.56. The van der Waals surface area contributed by atoms with Crippen molar-refractivity contribution in [2.45, 2.75) is 13.3 Å². The first-order valence-electron chi connectivity index (χ1n) is 4.34. The molecule has 0 bridgehead atoms. The molecule has 1 N–H and O–H groups in total. The van der Waals surface area contributed by atoms with Gasteiger partial charge in [0.25, 0.3) is 0 Å². The van der Waals surface area contributed by atoms with E-state index in [1.165, 1.54) is 0 Å². The van der Waals surface area contributed by atoms with E-state index >= 15 is 0 Å². The number of ether oxygens (including phenoxy) is 1. The van der Waals surface area contributed by atoms with Gasteiger partial charge in [-0.25, -0.2) is 0 Å². The van der Waals surface area contributed by atoms with Gasteiger partial charge in [0.1, 0.15) is 5.75 Å². The van der Waals surface area contributed by atoms with Crippen LogP contribution in [-0.2, 0) is 0 Å². The fourth-order valence-corrected chi connectivity index (χ4v) is 1.12. The van der Waals surface area contributed by atoms with E-state index < -0.39 is 0 Å². The summed E-state index contributed by atoms with van der Waals surface area (Å²) in [5.41, 5.74) is 1.00. The molecule has 0 aliphatic carbocycles. The van der Waals surface area contributed by atoms with E-state index in [0.717, 1.165) is 5.75 Å². The van der Waals surface area contributed by atoms with E-state index in [1.54, 1.807) is 38.3 Å². The van der Waals surface area contributed by atoms with E-state index in [9.17, 15) is 4.79 Å². The fraction of sp³-hybridized carbons (Fsp3) is 0.273. The molecule has 0 aliphatic heterocycles. The number of rotatable bonds is 4. The van der Waals surface area contributed by atoms with Crippen molar-refractivity contribution in [1.29, 1.82) is 5.41 Å². The predicted octanol–water partition coefficient (Wildman–Crippen LogP) is 2.31. The minimum Gasteiger partial charge on any atom is -0.497 e. The molecule has 1 aromatic carbocycles. The van der Waals surface area contributed by atoms with Crippen LogP contribution in [0.4, 0.5) is 0 Å². The van der Waals surface area contributed by atoms with E-state index in [2.05, 4.69) is 0 Å². The first kappa shape index (κ1) is 10.4. The number of carbonyl (C=O) groups is 1. The Morgan fingerprint density at radius 3 is 2.36 bits per heavy atom. The summed E-state index contributed by atoms with van der Waals surface area (Å²) < 4.78 is 4.98. The van der Waals surface area contributed by atoms with Gasteiger partial charge in [0.2, 0.25) is 0 Å². The highest BCUT2D eigenvalue weighted by Crippen LogP contribution is 2.12. The van der Waals surface area contributed by atoms with Crippen LogP contribution in [0.3, 0.4) is 0 Å². The molecule has 0 aromatic heterocycles. The van der Waals surface area contributed by atoms with Gasteiger partial charge in [0, 0.05) is 17.7 Å². The number of hydrogen-bond donors (Lipinski definition) is 1. The average Bonchev–Trinajstić information content (AvgIpc) is 2.17. The van der Waals surface area contributed by atoms with Crippen molar-refractivity contribution in [3.63, 3.8) is 0 Å². The Morgan fingerprint density at radius 1 is 1.36 bits per heavy atom. The van der Waals surface area contributed by atoms with E-state index in [-0.39, 0.29) is 12.2 Å². The van der Waals surface area contributed by atoms with Crippen molar-refractivity contribution in [3.8, 4) is 5.75 Å². The highest BCUT2D eigenvalue weighted by atomic mass is 16.5. The van der Waals surface area contributed by atoms with E-state index in [4.69, 9.17) is 10.1 Å². The molecule has 3 heteroatoms. The summed E-state index contributed by atoms with van der Waals surface area (Å²) in [4.78, 5) is 11.5. The number of nitrogens with one attached hydrogen (secondary N) is 1. The average molecular weight is 191 g/mol. The summed E-state index contributed by atoms with van der Waals surface area (Å²) in [6.45, 7) is 1.63. The second-order valence-corrected chi connectivity index (χ2v) is 3.11. The molecule has 0 atom stereocenters. The van der Waals surface area contributed by atoms with Crippen LogP contribution in [0.25, 0.3) is 0 Å². The van der Waals surface area contributed by atoms with Gasteiger partial charge in [-0.2, -0.15) is 0 Å². The Bertz CT molecular complexity index is 341. The van der Waals surface area contributed by atoms with Crippen molar-refractivity contribution < 1.29 is 9.53 Å². The van der Waals surface area contributed by atoms with Crippen LogP contribution in [0, 0.1) is 5.41 Å². The second-order valence-electron chi connectivity index (χ2n) is 3.11. The third kappa shape index (κ3) is 2.69. The number of hydrogen-bond acceptors (Lipinski definition) is 3. The first-order valence-corrected chi connectivity index (χ1v) is 4.34. The Morgan fingerprint density at radius 2 is 1.93 bits per heavy atom. The molecule has 0 unspecified atom stereocenters. The molecule has 0 fully saturated rings. The number of methoxy groups -OCH3 is 1. The maximum Gasteiger partial charge on any atom is 0.168 e. The molecule has 1 aromatic rings. The van der Waals surface area contributed by atoms with Gasteiger partial charge in [0.15, 0.2) is 5.78 Å². The van der Waals surface area contributed by atoms with E-state index in [1.807, 2.05) is 0 Å². The van der Waals surface area contributed by atoms with Gasteiger partial charge >= 0.3 is 0 Å². The Balaban J connectivity index is 2.76. The lowest BCUT2D eigenvalue weighted by Crippen LogP contribution is -2.03. The molecular weight excluding hydrogens is 178 g/mol. The summed E-state index contributed by atoms with van der Waals surface area (Å²) in [6, 6.07) is 6.91. The summed E-state index contributed by atoms with van der Waals surface area (Å²) in [5.74, 6) is 0.702. The minimum atomic E-state index is -0.0276. The van der Waals surface area contributed by atoms with Gasteiger partial charge in [-0.3, -0.25) is 4.79 Å². The summed E-state index contributed by atoms with van der Waals surface area (Å²) >= 11 is 0. The van der Waals surface area contributed by atoms with Crippen molar-refractivity contribution in [2.24, 2.45) is 0 Å². The molecule has 0 spiro atoms. The third-order valence-electron chi connectivity index (χ3n) is 1.84. The summed E-state index contributed by atoms with van der Waals surface area (Å²) in [5, 5.41) is 7.21. The Labute approximate surface area is 83.2 Å². The lowest BCUT2D eigenvalue weighted by atomic mass is 10.1. The zero-order valence-electron chi connectivity index (χ0n) is 8.33. The quantitative estimate of drug-likeness (QED) is 0.586. The van der Waals surface area contributed by atoms with E-state index in [0.29, 0.717) is 11.3 Å². The fourth-order valence-electron chi connectivity index (χ4n) is 1.12. The molecule has 0 amide bonds. The smallest absolute Gasteiger partial charge is 0.168 e. The Hall–Kier alpha value is -1.64. The summed E-state index contributed by atoms with van der Waals surface area (Å²) in [6.07, 6.45) is 0.187. The van der Waals surface area contributed by atoms with Crippen molar-refractivity contribution in [2.75, 3.05) is 7.11 Å². The number of ketones is 1. The maximum atomic E-state index is 11.5. The van der Waals surface area contributed by atoms with Crippen LogP contribution in [0.2, 0.25) is 0 Å². The zero-order chi connectivity index (χ0) is 10.6. The van der Waals surface area contributed by atoms with Gasteiger partial charge < -0.3 is 10.1 Å². The largest absolute Gasteiger partial charge is 0.497 e. The minimum absolute atomic E-state index is 0.0276. The van der Waals surface area contributed by atoms with Crippen LogP contribution in [0.1, 0.15) is 23.7 Å². The zero-order valence-corrected chi connectivity index (χ0v) is 8.33. The molecule has 0 aliphatic rings. The maximum absolute atomic E-state index is 11.5. The topological polar surface area (TPSA) is 50.2 Å². The number of carbonyl (C=O) groups excluding carboxylic acids is 1. The van der Waals surface area contributed by atoms with Gasteiger partial charge in [0.05, 0.1) is 7.11 Å². The molecule has 0 heterocycles. The Kier molecular flexibility index (Phi) is 3.40. The van der Waals surface area contributed by atoms with Gasteiger partial charge in [-0.1, -0.05) is 0 Å². The molecule has 3 nitrogen and oxygen atoms in total. The molecular formula is C11H13NO2.